The molecule has 2 rings (SSSR count). The van der Waals surface area contributed by atoms with Crippen molar-refractivity contribution in [1.82, 2.24) is 9.78 Å². The average molecular weight is 248 g/mol. The molecule has 17 heavy (non-hydrogen) atoms. The lowest BCUT2D eigenvalue weighted by molar-refractivity contribution is 0.500. The Morgan fingerprint density at radius 3 is 2.47 bits per heavy atom. The number of hydrogen-bond donors (Lipinski definition) is 0. The summed E-state index contributed by atoms with van der Waals surface area (Å²) in [6, 6.07) is 9.47. The summed E-state index contributed by atoms with van der Waals surface area (Å²) < 4.78 is 6.60. The Balaban J connectivity index is 2.35. The quantitative estimate of drug-likeness (QED) is 0.784. The average Bonchev–Trinajstić information content (AvgIpc) is 2.59. The van der Waals surface area contributed by atoms with Crippen molar-refractivity contribution in [3.05, 3.63) is 40.9 Å². The van der Waals surface area contributed by atoms with Gasteiger partial charge in [0, 0.05) is 11.7 Å². The molecule has 0 spiro atoms. The number of nitrogens with zero attached hydrogens (tertiary/aromatic N) is 2. The second kappa shape index (κ2) is 4.33. The summed E-state index contributed by atoms with van der Waals surface area (Å²) in [5, 5.41) is 4.24. The Bertz CT molecular complexity index is 552. The smallest absolute Gasteiger partial charge is 0.388 e. The largest absolute Gasteiger partial charge is 0.437 e. The zero-order valence-electron chi connectivity index (χ0n) is 10.3. The summed E-state index contributed by atoms with van der Waals surface area (Å²) in [6.07, 6.45) is 0.683. The molecule has 0 atom stereocenters. The van der Waals surface area contributed by atoms with E-state index in [1.807, 2.05) is 30.3 Å². The van der Waals surface area contributed by atoms with Gasteiger partial charge in [-0.25, -0.2) is 4.79 Å². The molecule has 2 aromatic rings. The van der Waals surface area contributed by atoms with Gasteiger partial charge in [0.15, 0.2) is 0 Å². The molecule has 0 saturated heterocycles. The number of hydrogen-bond acceptors (Lipinski definition) is 3. The van der Waals surface area contributed by atoms with Gasteiger partial charge in [0.05, 0.1) is 8.07 Å². The van der Waals surface area contributed by atoms with Crippen LogP contribution in [0.2, 0.25) is 19.6 Å². The molecule has 1 aromatic heterocycles. The van der Waals surface area contributed by atoms with Crippen LogP contribution in [0.25, 0.3) is 11.5 Å². The van der Waals surface area contributed by atoms with Crippen molar-refractivity contribution in [2.24, 2.45) is 0 Å². The topological polar surface area (TPSA) is 48.0 Å². The van der Waals surface area contributed by atoms with Crippen molar-refractivity contribution in [2.75, 3.05) is 0 Å². The first-order valence-electron chi connectivity index (χ1n) is 5.59. The molecule has 0 amide bonds. The third-order valence-electron chi connectivity index (χ3n) is 2.25. The fourth-order valence-electron chi connectivity index (χ4n) is 1.55. The van der Waals surface area contributed by atoms with Gasteiger partial charge in [0.25, 0.3) is 0 Å². The molecular weight excluding hydrogens is 232 g/mol. The molecule has 0 bridgehead atoms. The van der Waals surface area contributed by atoms with E-state index < -0.39 is 8.07 Å². The van der Waals surface area contributed by atoms with Crippen molar-refractivity contribution in [3.63, 3.8) is 0 Å². The van der Waals surface area contributed by atoms with Crippen LogP contribution < -0.4 is 5.76 Å². The maximum absolute atomic E-state index is 11.6. The van der Waals surface area contributed by atoms with Crippen molar-refractivity contribution >= 4 is 8.07 Å². The standard InChI is InChI=1S/C12H16N2O2Si/c1-17(2,3)9-14-12(15)16-11(13-14)10-7-5-4-6-8-10/h4-8H,9H2,1-3H3. The molecule has 4 nitrogen and oxygen atoms in total. The van der Waals surface area contributed by atoms with E-state index in [-0.39, 0.29) is 5.76 Å². The van der Waals surface area contributed by atoms with Crippen LogP contribution in [0.3, 0.4) is 0 Å². The first-order valence-corrected chi connectivity index (χ1v) is 9.30. The molecule has 90 valence electrons. The summed E-state index contributed by atoms with van der Waals surface area (Å²) >= 11 is 0. The highest BCUT2D eigenvalue weighted by Gasteiger charge is 2.18. The van der Waals surface area contributed by atoms with Crippen LogP contribution in [-0.2, 0) is 6.17 Å². The molecule has 0 N–H and O–H groups in total. The van der Waals surface area contributed by atoms with Crippen LogP contribution in [0.1, 0.15) is 0 Å². The zero-order chi connectivity index (χ0) is 12.5. The van der Waals surface area contributed by atoms with Gasteiger partial charge in [-0.1, -0.05) is 37.8 Å². The van der Waals surface area contributed by atoms with Crippen molar-refractivity contribution in [1.29, 1.82) is 0 Å². The second-order valence-electron chi connectivity index (χ2n) is 5.26. The van der Waals surface area contributed by atoms with Gasteiger partial charge in [-0.2, -0.15) is 4.68 Å². The summed E-state index contributed by atoms with van der Waals surface area (Å²) in [5.74, 6) is 0.0279. The first-order chi connectivity index (χ1) is 7.96. The number of rotatable bonds is 3. The zero-order valence-corrected chi connectivity index (χ0v) is 11.3. The molecule has 0 fully saturated rings. The Morgan fingerprint density at radius 1 is 1.24 bits per heavy atom. The van der Waals surface area contributed by atoms with E-state index in [9.17, 15) is 4.79 Å². The molecule has 1 heterocycles. The van der Waals surface area contributed by atoms with Crippen LogP contribution in [0.5, 0.6) is 0 Å². The van der Waals surface area contributed by atoms with Crippen LogP contribution in [-0.4, -0.2) is 17.9 Å². The second-order valence-corrected chi connectivity index (χ2v) is 10.7. The van der Waals surface area contributed by atoms with Crippen LogP contribution in [0, 0.1) is 0 Å². The maximum atomic E-state index is 11.6. The Labute approximate surface area is 101 Å². The minimum absolute atomic E-state index is 0.369. The van der Waals surface area contributed by atoms with E-state index in [0.717, 1.165) is 5.56 Å². The van der Waals surface area contributed by atoms with Crippen molar-refractivity contribution < 1.29 is 4.42 Å². The van der Waals surface area contributed by atoms with E-state index in [2.05, 4.69) is 24.7 Å². The minimum Gasteiger partial charge on any atom is -0.388 e. The van der Waals surface area contributed by atoms with E-state index in [0.29, 0.717) is 12.1 Å². The minimum atomic E-state index is -1.38. The summed E-state index contributed by atoms with van der Waals surface area (Å²) in [7, 11) is -1.38. The molecule has 0 aliphatic rings. The fourth-order valence-corrected chi connectivity index (χ4v) is 2.65. The maximum Gasteiger partial charge on any atom is 0.437 e. The summed E-state index contributed by atoms with van der Waals surface area (Å²) in [4.78, 5) is 11.6. The Hall–Kier alpha value is -1.62. The van der Waals surface area contributed by atoms with E-state index in [1.54, 1.807) is 0 Å². The summed E-state index contributed by atoms with van der Waals surface area (Å²) in [6.45, 7) is 6.57. The van der Waals surface area contributed by atoms with Crippen molar-refractivity contribution in [2.45, 2.75) is 25.8 Å². The molecule has 1 aromatic carbocycles. The van der Waals surface area contributed by atoms with Gasteiger partial charge in [-0.3, -0.25) is 0 Å². The molecule has 0 radical (unpaired) electrons. The van der Waals surface area contributed by atoms with Crippen LogP contribution in [0.4, 0.5) is 0 Å². The molecule has 0 aliphatic heterocycles. The highest BCUT2D eigenvalue weighted by Crippen LogP contribution is 2.14. The molecule has 0 aliphatic carbocycles. The lowest BCUT2D eigenvalue weighted by Gasteiger charge is -2.13. The number of benzene rings is 1. The lowest BCUT2D eigenvalue weighted by Crippen LogP contribution is -2.33. The van der Waals surface area contributed by atoms with Gasteiger partial charge in [0.2, 0.25) is 5.89 Å². The van der Waals surface area contributed by atoms with Crippen LogP contribution in [0.15, 0.2) is 39.5 Å². The fraction of sp³-hybridized carbons (Fsp3) is 0.333. The molecule has 0 unspecified atom stereocenters. The third-order valence-corrected chi connectivity index (χ3v) is 3.50. The first kappa shape index (κ1) is 11.9. The Kier molecular flexibility index (Phi) is 3.02. The molecule has 5 heteroatoms. The lowest BCUT2D eigenvalue weighted by atomic mass is 10.2. The van der Waals surface area contributed by atoms with Gasteiger partial charge < -0.3 is 4.42 Å². The highest BCUT2D eigenvalue weighted by molar-refractivity contribution is 6.74. The van der Waals surface area contributed by atoms with Gasteiger partial charge in [-0.15, -0.1) is 5.10 Å². The van der Waals surface area contributed by atoms with Crippen LogP contribution >= 0.6 is 0 Å². The van der Waals surface area contributed by atoms with Gasteiger partial charge in [0.1, 0.15) is 0 Å². The van der Waals surface area contributed by atoms with Gasteiger partial charge >= 0.3 is 5.76 Å². The van der Waals surface area contributed by atoms with Gasteiger partial charge in [-0.05, 0) is 12.1 Å². The van der Waals surface area contributed by atoms with E-state index >= 15 is 0 Å². The van der Waals surface area contributed by atoms with Crippen molar-refractivity contribution in [3.8, 4) is 11.5 Å². The normalized spacial score (nSPS) is 11.7. The van der Waals surface area contributed by atoms with E-state index in [1.165, 1.54) is 4.68 Å². The molecular formula is C12H16N2O2Si. The monoisotopic (exact) mass is 248 g/mol. The highest BCUT2D eigenvalue weighted by atomic mass is 28.3. The molecule has 0 saturated carbocycles. The Morgan fingerprint density at radius 2 is 1.88 bits per heavy atom. The number of aromatic nitrogens is 2. The predicted octanol–water partition coefficient (Wildman–Crippen LogP) is 2.38. The van der Waals surface area contributed by atoms with E-state index in [4.69, 9.17) is 4.42 Å². The summed E-state index contributed by atoms with van der Waals surface area (Å²) in [5.41, 5.74) is 0.832. The third kappa shape index (κ3) is 2.94. The SMILES string of the molecule is C[Si](C)(C)Cn1nc(-c2ccccc2)oc1=O. The predicted molar refractivity (Wildman–Crippen MR) is 69.5 cm³/mol.